The van der Waals surface area contributed by atoms with Crippen molar-refractivity contribution in [3.05, 3.63) is 29.8 Å². The van der Waals surface area contributed by atoms with E-state index in [4.69, 9.17) is 0 Å². The predicted octanol–water partition coefficient (Wildman–Crippen LogP) is 2.16. The van der Waals surface area contributed by atoms with E-state index in [1.165, 1.54) is 0 Å². The molecule has 0 aliphatic carbocycles. The second kappa shape index (κ2) is 5.67. The summed E-state index contributed by atoms with van der Waals surface area (Å²) in [6.07, 6.45) is 2.08. The molecule has 0 saturated carbocycles. The summed E-state index contributed by atoms with van der Waals surface area (Å²) in [7, 11) is 0. The SMILES string of the molecule is CCC(=O)Nc1cccc(CN2CCCC2=O)c1. The van der Waals surface area contributed by atoms with Gasteiger partial charge in [-0.15, -0.1) is 0 Å². The Labute approximate surface area is 107 Å². The summed E-state index contributed by atoms with van der Waals surface area (Å²) in [4.78, 5) is 24.7. The molecule has 0 aromatic heterocycles. The van der Waals surface area contributed by atoms with Gasteiger partial charge in [-0.25, -0.2) is 0 Å². The van der Waals surface area contributed by atoms with E-state index in [1.807, 2.05) is 36.1 Å². The summed E-state index contributed by atoms with van der Waals surface area (Å²) in [6.45, 7) is 3.29. The summed E-state index contributed by atoms with van der Waals surface area (Å²) in [6, 6.07) is 7.68. The molecule has 4 heteroatoms. The molecule has 1 aromatic carbocycles. The van der Waals surface area contributed by atoms with Crippen molar-refractivity contribution in [2.45, 2.75) is 32.7 Å². The van der Waals surface area contributed by atoms with E-state index in [9.17, 15) is 9.59 Å². The number of amides is 2. The zero-order valence-electron chi connectivity index (χ0n) is 10.6. The van der Waals surface area contributed by atoms with Crippen LogP contribution < -0.4 is 5.32 Å². The minimum absolute atomic E-state index is 0.00407. The van der Waals surface area contributed by atoms with Gasteiger partial charge in [0.2, 0.25) is 11.8 Å². The Balaban J connectivity index is 2.02. The molecule has 2 rings (SSSR count). The van der Waals surface area contributed by atoms with Crippen molar-refractivity contribution >= 4 is 17.5 Å². The molecule has 1 heterocycles. The predicted molar refractivity (Wildman–Crippen MR) is 70.0 cm³/mol. The third kappa shape index (κ3) is 3.09. The molecule has 0 bridgehead atoms. The van der Waals surface area contributed by atoms with Gasteiger partial charge in [0.1, 0.15) is 0 Å². The molecule has 0 radical (unpaired) electrons. The molecular formula is C14H18N2O2. The van der Waals surface area contributed by atoms with Crippen molar-refractivity contribution in [3.8, 4) is 0 Å². The van der Waals surface area contributed by atoms with Crippen LogP contribution in [0.15, 0.2) is 24.3 Å². The first-order valence-electron chi connectivity index (χ1n) is 6.35. The number of hydrogen-bond acceptors (Lipinski definition) is 2. The van der Waals surface area contributed by atoms with Gasteiger partial charge in [-0.3, -0.25) is 9.59 Å². The molecule has 4 nitrogen and oxygen atoms in total. The molecule has 0 unspecified atom stereocenters. The van der Waals surface area contributed by atoms with Crippen molar-refractivity contribution in [2.24, 2.45) is 0 Å². The summed E-state index contributed by atoms with van der Waals surface area (Å²) >= 11 is 0. The van der Waals surface area contributed by atoms with Crippen LogP contribution in [0.3, 0.4) is 0 Å². The van der Waals surface area contributed by atoms with E-state index in [1.54, 1.807) is 0 Å². The molecule has 1 aliphatic rings. The first kappa shape index (κ1) is 12.6. The van der Waals surface area contributed by atoms with Crippen molar-refractivity contribution in [1.82, 2.24) is 4.90 Å². The van der Waals surface area contributed by atoms with E-state index in [0.29, 0.717) is 19.4 Å². The Hall–Kier alpha value is -1.84. The van der Waals surface area contributed by atoms with Gasteiger partial charge in [0.05, 0.1) is 0 Å². The molecule has 0 atom stereocenters. The lowest BCUT2D eigenvalue weighted by molar-refractivity contribution is -0.128. The van der Waals surface area contributed by atoms with E-state index in [2.05, 4.69) is 5.32 Å². The average molecular weight is 246 g/mol. The smallest absolute Gasteiger partial charge is 0.224 e. The number of carbonyl (C=O) groups is 2. The Kier molecular flexibility index (Phi) is 3.97. The Morgan fingerprint density at radius 1 is 1.44 bits per heavy atom. The fourth-order valence-corrected chi connectivity index (χ4v) is 2.09. The van der Waals surface area contributed by atoms with Gasteiger partial charge in [-0.05, 0) is 24.1 Å². The Morgan fingerprint density at radius 3 is 2.94 bits per heavy atom. The highest BCUT2D eigenvalue weighted by atomic mass is 16.2. The van der Waals surface area contributed by atoms with E-state index in [-0.39, 0.29) is 11.8 Å². The lowest BCUT2D eigenvalue weighted by Gasteiger charge is -2.16. The summed E-state index contributed by atoms with van der Waals surface area (Å²) < 4.78 is 0. The molecule has 0 spiro atoms. The van der Waals surface area contributed by atoms with Gasteiger partial charge < -0.3 is 10.2 Å². The van der Waals surface area contributed by atoms with Crippen molar-refractivity contribution in [2.75, 3.05) is 11.9 Å². The van der Waals surface area contributed by atoms with Crippen LogP contribution in [-0.4, -0.2) is 23.3 Å². The van der Waals surface area contributed by atoms with Crippen LogP contribution in [0.25, 0.3) is 0 Å². The summed E-state index contributed by atoms with van der Waals surface area (Å²) in [5, 5.41) is 2.83. The number of nitrogens with one attached hydrogen (secondary N) is 1. The van der Waals surface area contributed by atoms with Crippen molar-refractivity contribution in [3.63, 3.8) is 0 Å². The second-order valence-corrected chi connectivity index (χ2v) is 4.52. The van der Waals surface area contributed by atoms with Crippen LogP contribution in [0.4, 0.5) is 5.69 Å². The van der Waals surface area contributed by atoms with Crippen LogP contribution in [0, 0.1) is 0 Å². The summed E-state index contributed by atoms with van der Waals surface area (Å²) in [5.41, 5.74) is 1.85. The van der Waals surface area contributed by atoms with Crippen LogP contribution in [-0.2, 0) is 16.1 Å². The van der Waals surface area contributed by atoms with Gasteiger partial charge in [-0.1, -0.05) is 19.1 Å². The first-order valence-corrected chi connectivity index (χ1v) is 6.35. The number of anilines is 1. The van der Waals surface area contributed by atoms with E-state index >= 15 is 0 Å². The van der Waals surface area contributed by atoms with Crippen molar-refractivity contribution < 1.29 is 9.59 Å². The lowest BCUT2D eigenvalue weighted by atomic mass is 10.2. The normalized spacial score (nSPS) is 14.9. The molecule has 1 fully saturated rings. The Morgan fingerprint density at radius 2 is 2.28 bits per heavy atom. The molecular weight excluding hydrogens is 228 g/mol. The molecule has 1 aromatic rings. The molecule has 1 N–H and O–H groups in total. The Bertz CT molecular complexity index is 457. The van der Waals surface area contributed by atoms with Gasteiger partial charge in [-0.2, -0.15) is 0 Å². The molecule has 1 aliphatic heterocycles. The van der Waals surface area contributed by atoms with Gasteiger partial charge >= 0.3 is 0 Å². The highest BCUT2D eigenvalue weighted by Gasteiger charge is 2.19. The minimum atomic E-state index is 0.00407. The second-order valence-electron chi connectivity index (χ2n) is 4.52. The maximum absolute atomic E-state index is 11.5. The average Bonchev–Trinajstić information content (AvgIpc) is 2.75. The minimum Gasteiger partial charge on any atom is -0.338 e. The maximum Gasteiger partial charge on any atom is 0.224 e. The molecule has 2 amide bonds. The number of carbonyl (C=O) groups excluding carboxylic acids is 2. The first-order chi connectivity index (χ1) is 8.69. The number of nitrogens with zero attached hydrogens (tertiary/aromatic N) is 1. The van der Waals surface area contributed by atoms with Crippen LogP contribution in [0.2, 0.25) is 0 Å². The molecule has 1 saturated heterocycles. The highest BCUT2D eigenvalue weighted by Crippen LogP contribution is 2.17. The van der Waals surface area contributed by atoms with E-state index in [0.717, 1.165) is 24.2 Å². The quantitative estimate of drug-likeness (QED) is 0.885. The third-order valence-electron chi connectivity index (χ3n) is 3.08. The number of benzene rings is 1. The van der Waals surface area contributed by atoms with Crippen LogP contribution in [0.1, 0.15) is 31.7 Å². The number of hydrogen-bond donors (Lipinski definition) is 1. The maximum atomic E-state index is 11.5. The zero-order valence-corrected chi connectivity index (χ0v) is 10.6. The number of likely N-dealkylation sites (tertiary alicyclic amines) is 1. The van der Waals surface area contributed by atoms with Crippen LogP contribution >= 0.6 is 0 Å². The largest absolute Gasteiger partial charge is 0.338 e. The molecule has 18 heavy (non-hydrogen) atoms. The van der Waals surface area contributed by atoms with Crippen molar-refractivity contribution in [1.29, 1.82) is 0 Å². The zero-order chi connectivity index (χ0) is 13.0. The fraction of sp³-hybridized carbons (Fsp3) is 0.429. The standard InChI is InChI=1S/C14H18N2O2/c1-2-13(17)15-12-6-3-5-11(9-12)10-16-8-4-7-14(16)18/h3,5-6,9H,2,4,7-8,10H2,1H3,(H,15,17). The lowest BCUT2D eigenvalue weighted by Crippen LogP contribution is -2.23. The van der Waals surface area contributed by atoms with Gasteiger partial charge in [0, 0.05) is 31.6 Å². The third-order valence-corrected chi connectivity index (χ3v) is 3.08. The topological polar surface area (TPSA) is 49.4 Å². The van der Waals surface area contributed by atoms with Gasteiger partial charge in [0.25, 0.3) is 0 Å². The number of rotatable bonds is 4. The summed E-state index contributed by atoms with van der Waals surface area (Å²) in [5.74, 6) is 0.224. The highest BCUT2D eigenvalue weighted by molar-refractivity contribution is 5.90. The monoisotopic (exact) mass is 246 g/mol. The van der Waals surface area contributed by atoms with E-state index < -0.39 is 0 Å². The molecule has 96 valence electrons. The van der Waals surface area contributed by atoms with Gasteiger partial charge in [0.15, 0.2) is 0 Å². The van der Waals surface area contributed by atoms with Crippen LogP contribution in [0.5, 0.6) is 0 Å². The fourth-order valence-electron chi connectivity index (χ4n) is 2.09.